The molecule has 0 N–H and O–H groups in total. The molecule has 0 rings (SSSR count). The van der Waals surface area contributed by atoms with Crippen molar-refractivity contribution in [2.75, 3.05) is 5.88 Å². The van der Waals surface area contributed by atoms with Crippen molar-refractivity contribution in [2.45, 2.75) is 84.5 Å². The largest absolute Gasteiger partial charge is 0.127 e. The molecule has 108 valence electrons. The number of halogens is 1. The highest BCUT2D eigenvalue weighted by atomic mass is 35.5. The molecule has 0 radical (unpaired) electrons. The molecule has 0 aromatic rings. The first-order valence-electron chi connectivity index (χ1n) is 7.79. The predicted octanol–water partition coefficient (Wildman–Crippen LogP) is 6.73. The Bertz CT molecular complexity index is 184. The average Bonchev–Trinajstić information content (AvgIpc) is 2.31. The maximum atomic E-state index is 5.65. The van der Waals surface area contributed by atoms with E-state index in [-0.39, 0.29) is 0 Å². The third-order valence-electron chi connectivity index (χ3n) is 3.68. The normalized spacial score (nSPS) is 11.7. The standard InChI is InChI=1S/C17H33Cl/c1-4-14-17(2,3)15-12-10-8-6-5-7-9-11-13-16-18/h4H,1,5-16H2,2-3H3. The van der Waals surface area contributed by atoms with E-state index in [1.807, 2.05) is 0 Å². The fourth-order valence-corrected chi connectivity index (χ4v) is 2.62. The Labute approximate surface area is 120 Å². The molecule has 0 aliphatic heterocycles. The Kier molecular flexibility index (Phi) is 12.1. The van der Waals surface area contributed by atoms with Crippen molar-refractivity contribution in [1.29, 1.82) is 0 Å². The summed E-state index contributed by atoms with van der Waals surface area (Å²) in [6, 6.07) is 0. The van der Waals surface area contributed by atoms with Gasteiger partial charge in [-0.2, -0.15) is 0 Å². The molecule has 18 heavy (non-hydrogen) atoms. The van der Waals surface area contributed by atoms with E-state index in [1.165, 1.54) is 64.2 Å². The van der Waals surface area contributed by atoms with Gasteiger partial charge < -0.3 is 0 Å². The van der Waals surface area contributed by atoms with Gasteiger partial charge in [0.05, 0.1) is 0 Å². The van der Waals surface area contributed by atoms with Gasteiger partial charge in [0.2, 0.25) is 0 Å². The van der Waals surface area contributed by atoms with Crippen LogP contribution in [0.25, 0.3) is 0 Å². The van der Waals surface area contributed by atoms with Crippen molar-refractivity contribution >= 4 is 11.6 Å². The van der Waals surface area contributed by atoms with E-state index in [2.05, 4.69) is 26.5 Å². The number of alkyl halides is 1. The van der Waals surface area contributed by atoms with Crippen molar-refractivity contribution in [3.63, 3.8) is 0 Å². The molecule has 0 unspecified atom stereocenters. The predicted molar refractivity (Wildman–Crippen MR) is 85.5 cm³/mol. The second-order valence-corrected chi connectivity index (χ2v) is 6.66. The first-order chi connectivity index (χ1) is 8.62. The monoisotopic (exact) mass is 272 g/mol. The van der Waals surface area contributed by atoms with Crippen LogP contribution in [0.4, 0.5) is 0 Å². The zero-order valence-corrected chi connectivity index (χ0v) is 13.4. The highest BCUT2D eigenvalue weighted by Crippen LogP contribution is 2.28. The summed E-state index contributed by atoms with van der Waals surface area (Å²) in [4.78, 5) is 0. The van der Waals surface area contributed by atoms with Crippen LogP contribution in [0.1, 0.15) is 84.5 Å². The Morgan fingerprint density at radius 2 is 1.28 bits per heavy atom. The van der Waals surface area contributed by atoms with Gasteiger partial charge in [0, 0.05) is 5.88 Å². The van der Waals surface area contributed by atoms with Crippen LogP contribution in [0.2, 0.25) is 0 Å². The molecule has 0 saturated carbocycles. The molecule has 0 saturated heterocycles. The van der Waals surface area contributed by atoms with Crippen molar-refractivity contribution in [3.8, 4) is 0 Å². The Morgan fingerprint density at radius 1 is 0.833 bits per heavy atom. The lowest BCUT2D eigenvalue weighted by Gasteiger charge is -2.22. The molecule has 0 heterocycles. The Morgan fingerprint density at radius 3 is 1.72 bits per heavy atom. The minimum Gasteiger partial charge on any atom is -0.127 e. The maximum Gasteiger partial charge on any atom is 0.0223 e. The fraction of sp³-hybridized carbons (Fsp3) is 0.882. The van der Waals surface area contributed by atoms with E-state index in [1.54, 1.807) is 0 Å². The lowest BCUT2D eigenvalue weighted by molar-refractivity contribution is 0.323. The van der Waals surface area contributed by atoms with Crippen molar-refractivity contribution < 1.29 is 0 Å². The van der Waals surface area contributed by atoms with Crippen molar-refractivity contribution in [3.05, 3.63) is 12.7 Å². The molecule has 0 spiro atoms. The number of hydrogen-bond acceptors (Lipinski definition) is 0. The van der Waals surface area contributed by atoms with E-state index in [0.29, 0.717) is 5.41 Å². The maximum absolute atomic E-state index is 5.65. The van der Waals surface area contributed by atoms with E-state index in [0.717, 1.165) is 12.3 Å². The third-order valence-corrected chi connectivity index (χ3v) is 3.95. The van der Waals surface area contributed by atoms with Crippen LogP contribution in [0.3, 0.4) is 0 Å². The summed E-state index contributed by atoms with van der Waals surface area (Å²) in [5.74, 6) is 0.834. The number of hydrogen-bond donors (Lipinski definition) is 0. The van der Waals surface area contributed by atoms with Crippen LogP contribution in [0, 0.1) is 5.41 Å². The molecular weight excluding hydrogens is 240 g/mol. The number of rotatable bonds is 13. The summed E-state index contributed by atoms with van der Waals surface area (Å²) in [6.45, 7) is 8.54. The molecule has 0 atom stereocenters. The van der Waals surface area contributed by atoms with E-state index < -0.39 is 0 Å². The van der Waals surface area contributed by atoms with E-state index in [9.17, 15) is 0 Å². The van der Waals surface area contributed by atoms with Gasteiger partial charge >= 0.3 is 0 Å². The van der Waals surface area contributed by atoms with Gasteiger partial charge in [-0.05, 0) is 24.7 Å². The Balaban J connectivity index is 3.18. The first kappa shape index (κ1) is 18.0. The zero-order chi connectivity index (χ0) is 13.7. The summed E-state index contributed by atoms with van der Waals surface area (Å²) in [6.07, 6.45) is 16.9. The topological polar surface area (TPSA) is 0 Å². The second kappa shape index (κ2) is 12.1. The summed E-state index contributed by atoms with van der Waals surface area (Å²) >= 11 is 5.65. The molecule has 0 aromatic carbocycles. The fourth-order valence-electron chi connectivity index (χ4n) is 2.43. The molecule has 0 amide bonds. The summed E-state index contributed by atoms with van der Waals surface area (Å²) < 4.78 is 0. The van der Waals surface area contributed by atoms with Crippen LogP contribution >= 0.6 is 11.6 Å². The minimum absolute atomic E-state index is 0.462. The van der Waals surface area contributed by atoms with Crippen LogP contribution in [0.5, 0.6) is 0 Å². The molecule has 0 bridgehead atoms. The van der Waals surface area contributed by atoms with Gasteiger partial charge in [-0.3, -0.25) is 0 Å². The van der Waals surface area contributed by atoms with Gasteiger partial charge in [-0.1, -0.05) is 71.3 Å². The second-order valence-electron chi connectivity index (χ2n) is 6.28. The minimum atomic E-state index is 0.462. The highest BCUT2D eigenvalue weighted by Gasteiger charge is 2.14. The quantitative estimate of drug-likeness (QED) is 0.198. The number of unbranched alkanes of at least 4 members (excludes halogenated alkanes) is 8. The van der Waals surface area contributed by atoms with Crippen molar-refractivity contribution in [1.82, 2.24) is 0 Å². The van der Waals surface area contributed by atoms with Crippen LogP contribution in [-0.2, 0) is 0 Å². The van der Waals surface area contributed by atoms with Gasteiger partial charge in [0.15, 0.2) is 0 Å². The van der Waals surface area contributed by atoms with Gasteiger partial charge in [-0.25, -0.2) is 0 Å². The van der Waals surface area contributed by atoms with Gasteiger partial charge in [0.25, 0.3) is 0 Å². The van der Waals surface area contributed by atoms with Gasteiger partial charge in [0.1, 0.15) is 0 Å². The van der Waals surface area contributed by atoms with E-state index in [4.69, 9.17) is 11.6 Å². The van der Waals surface area contributed by atoms with Gasteiger partial charge in [-0.15, -0.1) is 18.2 Å². The zero-order valence-electron chi connectivity index (χ0n) is 12.6. The van der Waals surface area contributed by atoms with Crippen LogP contribution in [-0.4, -0.2) is 5.88 Å². The highest BCUT2D eigenvalue weighted by molar-refractivity contribution is 6.17. The SMILES string of the molecule is C=CCC(C)(C)CCCCCCCCCCCCl. The summed E-state index contributed by atoms with van der Waals surface area (Å²) in [5, 5.41) is 0. The number of allylic oxidation sites excluding steroid dienone is 1. The lowest BCUT2D eigenvalue weighted by Crippen LogP contribution is -2.09. The molecule has 0 aromatic heterocycles. The molecule has 0 aliphatic carbocycles. The summed E-state index contributed by atoms with van der Waals surface area (Å²) in [5.41, 5.74) is 0.462. The molecular formula is C17H33Cl. The lowest BCUT2D eigenvalue weighted by atomic mass is 9.83. The van der Waals surface area contributed by atoms with E-state index >= 15 is 0 Å². The Hall–Kier alpha value is 0.0300. The molecule has 0 aliphatic rings. The first-order valence-corrected chi connectivity index (χ1v) is 8.33. The summed E-state index contributed by atoms with van der Waals surface area (Å²) in [7, 11) is 0. The average molecular weight is 273 g/mol. The molecule has 0 nitrogen and oxygen atoms in total. The molecule has 1 heteroatoms. The third kappa shape index (κ3) is 12.5. The van der Waals surface area contributed by atoms with Crippen LogP contribution in [0.15, 0.2) is 12.7 Å². The smallest absolute Gasteiger partial charge is 0.0223 e. The molecule has 0 fully saturated rings. The van der Waals surface area contributed by atoms with Crippen LogP contribution < -0.4 is 0 Å². The van der Waals surface area contributed by atoms with Crippen molar-refractivity contribution in [2.24, 2.45) is 5.41 Å².